The summed E-state index contributed by atoms with van der Waals surface area (Å²) in [5, 5.41) is 13.0. The summed E-state index contributed by atoms with van der Waals surface area (Å²) in [7, 11) is 0. The summed E-state index contributed by atoms with van der Waals surface area (Å²) in [5.74, 6) is 1.18. The highest BCUT2D eigenvalue weighted by atomic mass is 16.3. The highest BCUT2D eigenvalue weighted by Gasteiger charge is 2.29. The van der Waals surface area contributed by atoms with Gasteiger partial charge in [-0.2, -0.15) is 0 Å². The average Bonchev–Trinajstić information content (AvgIpc) is 2.96. The maximum Gasteiger partial charge on any atom is 0.0474 e. The van der Waals surface area contributed by atoms with E-state index in [1.807, 2.05) is 0 Å². The summed E-state index contributed by atoms with van der Waals surface area (Å²) >= 11 is 0. The van der Waals surface area contributed by atoms with Crippen LogP contribution in [0.1, 0.15) is 26.2 Å². The average molecular weight is 212 g/mol. The van der Waals surface area contributed by atoms with Gasteiger partial charge in [-0.05, 0) is 44.2 Å². The first-order chi connectivity index (χ1) is 7.33. The van der Waals surface area contributed by atoms with Crippen LogP contribution < -0.4 is 5.32 Å². The summed E-state index contributed by atoms with van der Waals surface area (Å²) in [6, 6.07) is 0.766. The molecule has 0 aromatic heterocycles. The van der Waals surface area contributed by atoms with Crippen LogP contribution in [0.25, 0.3) is 0 Å². The molecule has 1 aliphatic heterocycles. The van der Waals surface area contributed by atoms with Crippen LogP contribution in [-0.2, 0) is 0 Å². The summed E-state index contributed by atoms with van der Waals surface area (Å²) in [5.41, 5.74) is 0. The van der Waals surface area contributed by atoms with E-state index in [1.165, 1.54) is 32.4 Å². The van der Waals surface area contributed by atoms with Gasteiger partial charge in [-0.3, -0.25) is 0 Å². The first-order valence-electron chi connectivity index (χ1n) is 6.40. The smallest absolute Gasteiger partial charge is 0.0474 e. The molecule has 0 aromatic rings. The first-order valence-corrected chi connectivity index (χ1v) is 6.40. The van der Waals surface area contributed by atoms with Crippen molar-refractivity contribution in [2.75, 3.05) is 32.8 Å². The first kappa shape index (κ1) is 11.4. The van der Waals surface area contributed by atoms with Gasteiger partial charge in [0.15, 0.2) is 0 Å². The topological polar surface area (TPSA) is 35.5 Å². The minimum atomic E-state index is 0.349. The van der Waals surface area contributed by atoms with E-state index in [0.717, 1.165) is 19.1 Å². The van der Waals surface area contributed by atoms with Crippen LogP contribution in [-0.4, -0.2) is 48.8 Å². The molecule has 1 aliphatic carbocycles. The number of aliphatic hydroxyl groups excluding tert-OH is 1. The van der Waals surface area contributed by atoms with E-state index in [0.29, 0.717) is 18.4 Å². The highest BCUT2D eigenvalue weighted by molar-refractivity contribution is 4.85. The molecule has 2 rings (SSSR count). The summed E-state index contributed by atoms with van der Waals surface area (Å²) in [6.07, 6.45) is 3.94. The van der Waals surface area contributed by atoms with Gasteiger partial charge in [-0.1, -0.05) is 6.92 Å². The number of likely N-dealkylation sites (tertiary alicyclic amines) is 1. The van der Waals surface area contributed by atoms with Crippen molar-refractivity contribution in [3.05, 3.63) is 0 Å². The highest BCUT2D eigenvalue weighted by Crippen LogP contribution is 2.25. The molecular formula is C12H24N2O. The van der Waals surface area contributed by atoms with Crippen LogP contribution in [0.15, 0.2) is 0 Å². The molecule has 2 atom stereocenters. The second kappa shape index (κ2) is 5.28. The molecule has 1 saturated heterocycles. The zero-order valence-electron chi connectivity index (χ0n) is 9.78. The lowest BCUT2D eigenvalue weighted by Crippen LogP contribution is -2.33. The Hall–Kier alpha value is -0.120. The fourth-order valence-electron chi connectivity index (χ4n) is 2.52. The van der Waals surface area contributed by atoms with Crippen molar-refractivity contribution < 1.29 is 5.11 Å². The number of nitrogens with zero attached hydrogens (tertiary/aromatic N) is 1. The fraction of sp³-hybridized carbons (Fsp3) is 1.00. The molecule has 2 aliphatic rings. The molecule has 2 fully saturated rings. The largest absolute Gasteiger partial charge is 0.396 e. The number of nitrogens with one attached hydrogen (secondary N) is 1. The van der Waals surface area contributed by atoms with Gasteiger partial charge < -0.3 is 15.3 Å². The summed E-state index contributed by atoms with van der Waals surface area (Å²) < 4.78 is 0. The van der Waals surface area contributed by atoms with Crippen molar-refractivity contribution in [3.8, 4) is 0 Å². The number of aliphatic hydroxyl groups is 1. The van der Waals surface area contributed by atoms with Gasteiger partial charge in [0.1, 0.15) is 0 Å². The van der Waals surface area contributed by atoms with E-state index in [4.69, 9.17) is 0 Å². The van der Waals surface area contributed by atoms with Gasteiger partial charge >= 0.3 is 0 Å². The van der Waals surface area contributed by atoms with Gasteiger partial charge in [0.2, 0.25) is 0 Å². The van der Waals surface area contributed by atoms with Gasteiger partial charge in [0.05, 0.1) is 0 Å². The minimum absolute atomic E-state index is 0.349. The molecule has 1 heterocycles. The van der Waals surface area contributed by atoms with Gasteiger partial charge in [0, 0.05) is 25.7 Å². The maximum absolute atomic E-state index is 9.42. The molecule has 0 spiro atoms. The van der Waals surface area contributed by atoms with E-state index in [1.54, 1.807) is 0 Å². The third-order valence-electron chi connectivity index (χ3n) is 3.90. The predicted molar refractivity (Wildman–Crippen MR) is 61.8 cm³/mol. The predicted octanol–water partition coefficient (Wildman–Crippen LogP) is 0.689. The molecule has 0 bridgehead atoms. The van der Waals surface area contributed by atoms with Crippen molar-refractivity contribution in [1.29, 1.82) is 0 Å². The molecule has 2 unspecified atom stereocenters. The zero-order valence-corrected chi connectivity index (χ0v) is 9.78. The van der Waals surface area contributed by atoms with Gasteiger partial charge in [0.25, 0.3) is 0 Å². The Labute approximate surface area is 92.8 Å². The normalized spacial score (nSPS) is 29.6. The lowest BCUT2D eigenvalue weighted by Gasteiger charge is -2.22. The lowest BCUT2D eigenvalue weighted by molar-refractivity contribution is 0.171. The van der Waals surface area contributed by atoms with E-state index in [9.17, 15) is 5.11 Å². The SMILES string of the molecule is CCN1CCC(C(CO)CNC2CC2)C1. The molecule has 0 radical (unpaired) electrons. The lowest BCUT2D eigenvalue weighted by atomic mass is 9.92. The third-order valence-corrected chi connectivity index (χ3v) is 3.90. The number of hydrogen-bond acceptors (Lipinski definition) is 3. The second-order valence-electron chi connectivity index (χ2n) is 5.07. The van der Waals surface area contributed by atoms with E-state index in [2.05, 4.69) is 17.1 Å². The molecule has 3 nitrogen and oxygen atoms in total. The molecule has 2 N–H and O–H groups in total. The van der Waals surface area contributed by atoms with Crippen molar-refractivity contribution in [2.24, 2.45) is 11.8 Å². The monoisotopic (exact) mass is 212 g/mol. The van der Waals surface area contributed by atoms with Crippen LogP contribution in [0.4, 0.5) is 0 Å². The Morgan fingerprint density at radius 2 is 2.20 bits per heavy atom. The Morgan fingerprint density at radius 3 is 2.73 bits per heavy atom. The van der Waals surface area contributed by atoms with E-state index >= 15 is 0 Å². The zero-order chi connectivity index (χ0) is 10.7. The van der Waals surface area contributed by atoms with Crippen molar-refractivity contribution in [1.82, 2.24) is 10.2 Å². The fourth-order valence-corrected chi connectivity index (χ4v) is 2.52. The third kappa shape index (κ3) is 3.16. The van der Waals surface area contributed by atoms with Crippen LogP contribution >= 0.6 is 0 Å². The van der Waals surface area contributed by atoms with Crippen molar-refractivity contribution >= 4 is 0 Å². The Kier molecular flexibility index (Phi) is 4.00. The molecule has 1 saturated carbocycles. The summed E-state index contributed by atoms with van der Waals surface area (Å²) in [4.78, 5) is 2.49. The molecule has 0 amide bonds. The van der Waals surface area contributed by atoms with Crippen LogP contribution in [0.3, 0.4) is 0 Å². The van der Waals surface area contributed by atoms with Crippen LogP contribution in [0, 0.1) is 11.8 Å². The maximum atomic E-state index is 9.42. The molecule has 0 aromatic carbocycles. The van der Waals surface area contributed by atoms with E-state index < -0.39 is 0 Å². The molecule has 3 heteroatoms. The van der Waals surface area contributed by atoms with Crippen LogP contribution in [0.2, 0.25) is 0 Å². The van der Waals surface area contributed by atoms with Crippen molar-refractivity contribution in [3.63, 3.8) is 0 Å². The Balaban J connectivity index is 1.73. The molecular weight excluding hydrogens is 188 g/mol. The standard InChI is InChI=1S/C12H24N2O/c1-2-14-6-5-10(8-14)11(9-15)7-13-12-3-4-12/h10-13,15H,2-9H2,1H3. The van der Waals surface area contributed by atoms with Gasteiger partial charge in [-0.15, -0.1) is 0 Å². The minimum Gasteiger partial charge on any atom is -0.396 e. The second-order valence-corrected chi connectivity index (χ2v) is 5.07. The number of hydrogen-bond donors (Lipinski definition) is 2. The Morgan fingerprint density at radius 1 is 1.40 bits per heavy atom. The number of rotatable bonds is 6. The van der Waals surface area contributed by atoms with E-state index in [-0.39, 0.29) is 0 Å². The summed E-state index contributed by atoms with van der Waals surface area (Å²) in [6.45, 7) is 7.16. The van der Waals surface area contributed by atoms with Crippen molar-refractivity contribution in [2.45, 2.75) is 32.2 Å². The Bertz CT molecular complexity index is 194. The van der Waals surface area contributed by atoms with Crippen LogP contribution in [0.5, 0.6) is 0 Å². The molecule has 88 valence electrons. The van der Waals surface area contributed by atoms with Gasteiger partial charge in [-0.25, -0.2) is 0 Å². The quantitative estimate of drug-likeness (QED) is 0.680. The molecule has 15 heavy (non-hydrogen) atoms.